The van der Waals surface area contributed by atoms with Crippen molar-refractivity contribution < 1.29 is 9.59 Å². The first-order chi connectivity index (χ1) is 14.8. The number of carbonyl (C=O) groups is 2. The molecule has 0 saturated heterocycles. The van der Waals surface area contributed by atoms with Gasteiger partial charge in [-0.2, -0.15) is 0 Å². The molecular formula is C26H38N2O2S. The fourth-order valence-corrected chi connectivity index (χ4v) is 4.30. The Kier molecular flexibility index (Phi) is 10.3. The number of carbonyl (C=O) groups excluding carboxylic acids is 2. The summed E-state index contributed by atoms with van der Waals surface area (Å²) in [7, 11) is 0. The molecule has 0 saturated carbocycles. The van der Waals surface area contributed by atoms with E-state index in [1.54, 1.807) is 16.2 Å². The summed E-state index contributed by atoms with van der Waals surface area (Å²) in [6.45, 7) is 9.45. The zero-order valence-corrected chi connectivity index (χ0v) is 20.4. The highest BCUT2D eigenvalue weighted by atomic mass is 32.1. The predicted octanol–water partition coefficient (Wildman–Crippen LogP) is 6.26. The van der Waals surface area contributed by atoms with Gasteiger partial charge in [-0.05, 0) is 44.2 Å². The van der Waals surface area contributed by atoms with Crippen molar-refractivity contribution in [1.29, 1.82) is 0 Å². The third-order valence-electron chi connectivity index (χ3n) is 5.39. The van der Waals surface area contributed by atoms with Crippen LogP contribution < -0.4 is 0 Å². The number of hydrogen-bond acceptors (Lipinski definition) is 3. The van der Waals surface area contributed by atoms with Crippen LogP contribution in [0.3, 0.4) is 0 Å². The minimum atomic E-state index is -0.391. The molecule has 0 radical (unpaired) electrons. The molecule has 4 nitrogen and oxygen atoms in total. The maximum atomic E-state index is 13.4. The van der Waals surface area contributed by atoms with Crippen LogP contribution >= 0.6 is 11.3 Å². The van der Waals surface area contributed by atoms with E-state index >= 15 is 0 Å². The number of hydrogen-bond donors (Lipinski definition) is 0. The molecule has 1 heterocycles. The van der Waals surface area contributed by atoms with E-state index in [-0.39, 0.29) is 18.4 Å². The Labute approximate surface area is 192 Å². The molecule has 31 heavy (non-hydrogen) atoms. The minimum Gasteiger partial charge on any atom is -0.332 e. The monoisotopic (exact) mass is 442 g/mol. The van der Waals surface area contributed by atoms with Gasteiger partial charge in [-0.1, -0.05) is 69.0 Å². The Morgan fingerprint density at radius 2 is 1.58 bits per heavy atom. The van der Waals surface area contributed by atoms with Crippen molar-refractivity contribution in [1.82, 2.24) is 9.80 Å². The van der Waals surface area contributed by atoms with Gasteiger partial charge in [0.2, 0.25) is 11.8 Å². The van der Waals surface area contributed by atoms with E-state index < -0.39 is 5.54 Å². The first-order valence-electron chi connectivity index (χ1n) is 11.5. The second-order valence-electron chi connectivity index (χ2n) is 9.13. The summed E-state index contributed by atoms with van der Waals surface area (Å²) in [6.07, 6.45) is 6.05. The molecule has 5 heteroatoms. The SMILES string of the molecule is CCCCCCCC(=O)N(CC(=O)N(Cc1ccccc1)Cc1cccs1)C(C)(C)C. The van der Waals surface area contributed by atoms with Crippen LogP contribution in [0.15, 0.2) is 47.8 Å². The maximum absolute atomic E-state index is 13.4. The van der Waals surface area contributed by atoms with Crippen LogP contribution in [0.4, 0.5) is 0 Å². The van der Waals surface area contributed by atoms with E-state index in [1.807, 2.05) is 67.4 Å². The number of unbranched alkanes of at least 4 members (excludes halogenated alkanes) is 4. The van der Waals surface area contributed by atoms with Crippen LogP contribution in [-0.4, -0.2) is 33.7 Å². The molecule has 0 fully saturated rings. The van der Waals surface area contributed by atoms with Gasteiger partial charge >= 0.3 is 0 Å². The number of benzene rings is 1. The van der Waals surface area contributed by atoms with Gasteiger partial charge in [0.05, 0.1) is 6.54 Å². The zero-order chi connectivity index (χ0) is 22.7. The number of amides is 2. The Morgan fingerprint density at radius 3 is 2.19 bits per heavy atom. The second-order valence-corrected chi connectivity index (χ2v) is 10.2. The lowest BCUT2D eigenvalue weighted by Gasteiger charge is -2.37. The highest BCUT2D eigenvalue weighted by Crippen LogP contribution is 2.19. The summed E-state index contributed by atoms with van der Waals surface area (Å²) in [5.74, 6) is 0.0691. The fraction of sp³-hybridized carbons (Fsp3) is 0.538. The molecule has 2 rings (SSSR count). The van der Waals surface area contributed by atoms with E-state index in [9.17, 15) is 9.59 Å². The predicted molar refractivity (Wildman–Crippen MR) is 130 cm³/mol. The third-order valence-corrected chi connectivity index (χ3v) is 6.26. The van der Waals surface area contributed by atoms with Crippen LogP contribution in [0, 0.1) is 0 Å². The first kappa shape index (κ1) is 25.1. The standard InChI is InChI=1S/C26H38N2O2S/c1-5-6-7-8-12-17-24(29)28(26(2,3)4)21-25(30)27(20-23-16-13-18-31-23)19-22-14-10-9-11-15-22/h9-11,13-16,18H,5-8,12,17,19-21H2,1-4H3. The van der Waals surface area contributed by atoms with Crippen molar-refractivity contribution in [3.8, 4) is 0 Å². The largest absolute Gasteiger partial charge is 0.332 e. The highest BCUT2D eigenvalue weighted by Gasteiger charge is 2.29. The van der Waals surface area contributed by atoms with Gasteiger partial charge in [-0.25, -0.2) is 0 Å². The minimum absolute atomic E-state index is 0.00786. The Bertz CT molecular complexity index is 781. The number of thiophene rings is 1. The van der Waals surface area contributed by atoms with Gasteiger partial charge in [0.1, 0.15) is 6.54 Å². The molecule has 170 valence electrons. The second kappa shape index (κ2) is 12.7. The van der Waals surface area contributed by atoms with Crippen LogP contribution in [0.2, 0.25) is 0 Å². The molecule has 0 atom stereocenters. The fourth-order valence-electron chi connectivity index (χ4n) is 3.58. The van der Waals surface area contributed by atoms with Crippen molar-refractivity contribution in [3.05, 3.63) is 58.3 Å². The summed E-state index contributed by atoms with van der Waals surface area (Å²) in [5.41, 5.74) is 0.703. The van der Waals surface area contributed by atoms with Gasteiger partial charge in [-0.15, -0.1) is 11.3 Å². The van der Waals surface area contributed by atoms with Crippen molar-refractivity contribution in [3.63, 3.8) is 0 Å². The third kappa shape index (κ3) is 8.86. The average molecular weight is 443 g/mol. The van der Waals surface area contributed by atoms with Crippen molar-refractivity contribution in [2.24, 2.45) is 0 Å². The topological polar surface area (TPSA) is 40.6 Å². The van der Waals surface area contributed by atoms with Gasteiger partial charge in [0, 0.05) is 23.4 Å². The van der Waals surface area contributed by atoms with E-state index in [0.717, 1.165) is 23.3 Å². The van der Waals surface area contributed by atoms with E-state index in [1.165, 1.54) is 19.3 Å². The lowest BCUT2D eigenvalue weighted by molar-refractivity contribution is -0.145. The van der Waals surface area contributed by atoms with Crippen LogP contribution in [0.1, 0.15) is 76.7 Å². The summed E-state index contributed by atoms with van der Waals surface area (Å²) in [6, 6.07) is 14.1. The molecule has 0 bridgehead atoms. The lowest BCUT2D eigenvalue weighted by Crippen LogP contribution is -2.51. The van der Waals surface area contributed by atoms with Crippen molar-refractivity contribution in [2.75, 3.05) is 6.54 Å². The Balaban J connectivity index is 2.07. The van der Waals surface area contributed by atoms with E-state index in [4.69, 9.17) is 0 Å². The summed E-state index contributed by atoms with van der Waals surface area (Å²) >= 11 is 1.65. The number of rotatable bonds is 12. The summed E-state index contributed by atoms with van der Waals surface area (Å²) < 4.78 is 0. The van der Waals surface area contributed by atoms with Crippen LogP contribution in [-0.2, 0) is 22.7 Å². The van der Waals surface area contributed by atoms with E-state index in [0.29, 0.717) is 19.5 Å². The van der Waals surface area contributed by atoms with Crippen LogP contribution in [0.25, 0.3) is 0 Å². The van der Waals surface area contributed by atoms with Gasteiger partial charge in [0.15, 0.2) is 0 Å². The summed E-state index contributed by atoms with van der Waals surface area (Å²) in [5, 5.41) is 2.03. The molecule has 0 spiro atoms. The van der Waals surface area contributed by atoms with Gasteiger partial charge in [-0.3, -0.25) is 9.59 Å². The van der Waals surface area contributed by atoms with Crippen molar-refractivity contribution >= 4 is 23.2 Å². The Morgan fingerprint density at radius 1 is 0.871 bits per heavy atom. The molecule has 1 aromatic carbocycles. The molecule has 1 aromatic heterocycles. The average Bonchev–Trinajstić information content (AvgIpc) is 3.24. The van der Waals surface area contributed by atoms with Crippen molar-refractivity contribution in [2.45, 2.75) is 84.8 Å². The molecular weight excluding hydrogens is 404 g/mol. The molecule has 0 N–H and O–H groups in total. The first-order valence-corrected chi connectivity index (χ1v) is 12.3. The highest BCUT2D eigenvalue weighted by molar-refractivity contribution is 7.09. The molecule has 0 aliphatic heterocycles. The van der Waals surface area contributed by atoms with E-state index in [2.05, 4.69) is 13.0 Å². The number of nitrogens with zero attached hydrogens (tertiary/aromatic N) is 2. The lowest BCUT2D eigenvalue weighted by atomic mass is 10.0. The smallest absolute Gasteiger partial charge is 0.242 e. The Hall–Kier alpha value is -2.14. The normalized spacial score (nSPS) is 11.4. The molecule has 0 unspecified atom stereocenters. The molecule has 0 aliphatic carbocycles. The van der Waals surface area contributed by atoms with Gasteiger partial charge < -0.3 is 9.80 Å². The van der Waals surface area contributed by atoms with Gasteiger partial charge in [0.25, 0.3) is 0 Å². The van der Waals surface area contributed by atoms with Crippen LogP contribution in [0.5, 0.6) is 0 Å². The maximum Gasteiger partial charge on any atom is 0.242 e. The molecule has 2 amide bonds. The summed E-state index contributed by atoms with van der Waals surface area (Å²) in [4.78, 5) is 31.2. The molecule has 2 aromatic rings. The quantitative estimate of drug-likeness (QED) is 0.364. The molecule has 0 aliphatic rings. The zero-order valence-electron chi connectivity index (χ0n) is 19.6.